The highest BCUT2D eigenvalue weighted by Gasteiger charge is 2.32. The van der Waals surface area contributed by atoms with Gasteiger partial charge in [0.15, 0.2) is 0 Å². The lowest BCUT2D eigenvalue weighted by Gasteiger charge is -2.26. The number of carboxylic acids is 2. The van der Waals surface area contributed by atoms with Gasteiger partial charge in [0.25, 0.3) is 0 Å². The fourth-order valence-electron chi connectivity index (χ4n) is 4.70. The molecule has 0 spiro atoms. The van der Waals surface area contributed by atoms with Gasteiger partial charge in [-0.05, 0) is 48.2 Å². The molecule has 12 N–H and O–H groups in total. The second kappa shape index (κ2) is 18.5. The number of imidazole rings is 1. The number of amides is 4. The summed E-state index contributed by atoms with van der Waals surface area (Å²) in [6, 6.07) is 4.36. The van der Waals surface area contributed by atoms with Crippen LogP contribution >= 0.6 is 0 Å². The third-order valence-corrected chi connectivity index (χ3v) is 7.43. The maximum atomic E-state index is 13.7. The molecule has 0 aliphatic carbocycles. The van der Waals surface area contributed by atoms with Crippen LogP contribution in [-0.2, 0) is 48.0 Å². The molecule has 0 saturated carbocycles. The number of aromatic hydroxyl groups is 2. The predicted octanol–water partition coefficient (Wildman–Crippen LogP) is -1.94. The highest BCUT2D eigenvalue weighted by atomic mass is 16.4. The summed E-state index contributed by atoms with van der Waals surface area (Å²) < 4.78 is 0. The Bertz CT molecular complexity index is 1620. The van der Waals surface area contributed by atoms with Crippen molar-refractivity contribution in [1.29, 1.82) is 0 Å². The zero-order valence-electron chi connectivity index (χ0n) is 26.6. The van der Waals surface area contributed by atoms with Gasteiger partial charge in [0.2, 0.25) is 23.6 Å². The van der Waals surface area contributed by atoms with Crippen molar-refractivity contribution in [3.8, 4) is 11.5 Å². The second-order valence-corrected chi connectivity index (χ2v) is 11.3. The number of aromatic amines is 1. The second-order valence-electron chi connectivity index (χ2n) is 11.3. The number of rotatable bonds is 19. The van der Waals surface area contributed by atoms with Crippen molar-refractivity contribution >= 4 is 35.6 Å². The number of aliphatic hydroxyl groups excluding tert-OH is 1. The van der Waals surface area contributed by atoms with Gasteiger partial charge in [-0.3, -0.25) is 24.0 Å². The molecule has 0 saturated heterocycles. The summed E-state index contributed by atoms with van der Waals surface area (Å²) in [7, 11) is 0. The number of nitrogens with one attached hydrogen (secondary N) is 5. The van der Waals surface area contributed by atoms with Crippen molar-refractivity contribution in [3.63, 3.8) is 0 Å². The first kappa shape index (κ1) is 38.4. The summed E-state index contributed by atoms with van der Waals surface area (Å²) in [6.07, 6.45) is 1.33. The molecule has 1 aromatic heterocycles. The molecule has 3 rings (SSSR count). The van der Waals surface area contributed by atoms with Gasteiger partial charge in [-0.2, -0.15) is 0 Å². The third kappa shape index (κ3) is 12.2. The Kier molecular flexibility index (Phi) is 14.2. The van der Waals surface area contributed by atoms with Crippen LogP contribution in [0.1, 0.15) is 29.7 Å². The molecule has 4 amide bonds. The number of phenolic OH excluding ortho intramolecular Hbond substituents is 2. The van der Waals surface area contributed by atoms with E-state index in [4.69, 9.17) is 10.8 Å². The Morgan fingerprint density at radius 2 is 1.16 bits per heavy atom. The van der Waals surface area contributed by atoms with Gasteiger partial charge >= 0.3 is 11.9 Å². The molecule has 268 valence electrons. The first-order valence-corrected chi connectivity index (χ1v) is 15.3. The number of carboxylic acid groups (broad SMARTS) is 2. The molecule has 0 unspecified atom stereocenters. The molecule has 3 aromatic rings. The topological polar surface area (TPSA) is 306 Å². The van der Waals surface area contributed by atoms with Crippen molar-refractivity contribution < 1.29 is 54.3 Å². The predicted molar refractivity (Wildman–Crippen MR) is 173 cm³/mol. The van der Waals surface area contributed by atoms with Crippen molar-refractivity contribution in [2.24, 2.45) is 5.73 Å². The fraction of sp³-hybridized carbons (Fsp3) is 0.344. The number of aliphatic carboxylic acids is 2. The standard InChI is InChI=1S/C32H39N7O11/c33-22(11-17-1-5-20(41)6-2-17)28(45)39-26(15-40)31(48)38-25(13-19-14-34-16-35-19)30(47)37-24(12-18-3-7-21(42)8-4-18)29(46)36-23(32(49)50)9-10-27(43)44/h1-8,14,16,22-26,40-42H,9-13,15,33H2,(H,34,35)(H,36,46)(H,37,47)(H,38,48)(H,39,45)(H,43,44)(H,49,50)/t22-,23-,24-,25-,26-/m0/s1. The average molecular weight is 698 g/mol. The number of carbonyl (C=O) groups excluding carboxylic acids is 4. The average Bonchev–Trinajstić information content (AvgIpc) is 3.59. The molecule has 2 aromatic carbocycles. The van der Waals surface area contributed by atoms with Crippen LogP contribution in [-0.4, -0.2) is 108 Å². The van der Waals surface area contributed by atoms with E-state index in [2.05, 4.69) is 31.2 Å². The number of hydrogen-bond acceptors (Lipinski definition) is 11. The van der Waals surface area contributed by atoms with E-state index in [-0.39, 0.29) is 30.8 Å². The number of carbonyl (C=O) groups is 6. The lowest BCUT2D eigenvalue weighted by Crippen LogP contribution is -2.60. The number of benzene rings is 2. The monoisotopic (exact) mass is 697 g/mol. The van der Waals surface area contributed by atoms with Crippen LogP contribution in [0.25, 0.3) is 0 Å². The van der Waals surface area contributed by atoms with Gasteiger partial charge in [-0.15, -0.1) is 0 Å². The zero-order chi connectivity index (χ0) is 36.8. The molecule has 0 fully saturated rings. The molecule has 0 bridgehead atoms. The van der Waals surface area contributed by atoms with Crippen LogP contribution in [0, 0.1) is 0 Å². The number of H-pyrrole nitrogens is 1. The maximum absolute atomic E-state index is 13.7. The van der Waals surface area contributed by atoms with E-state index in [0.717, 1.165) is 0 Å². The Labute approximate surface area is 285 Å². The first-order valence-electron chi connectivity index (χ1n) is 15.3. The largest absolute Gasteiger partial charge is 0.508 e. The van der Waals surface area contributed by atoms with Crippen LogP contribution < -0.4 is 27.0 Å². The summed E-state index contributed by atoms with van der Waals surface area (Å²) >= 11 is 0. The molecular weight excluding hydrogens is 658 g/mol. The van der Waals surface area contributed by atoms with Gasteiger partial charge in [0.05, 0.1) is 19.0 Å². The molecule has 0 aliphatic heterocycles. The molecule has 0 aliphatic rings. The maximum Gasteiger partial charge on any atom is 0.326 e. The summed E-state index contributed by atoms with van der Waals surface area (Å²) in [5.41, 5.74) is 7.44. The van der Waals surface area contributed by atoms with Crippen LogP contribution in [0.2, 0.25) is 0 Å². The SMILES string of the molecule is N[C@@H](Cc1ccc(O)cc1)C(=O)N[C@@H](CO)C(=O)N[C@@H](Cc1cnc[nH]1)C(=O)N[C@@H](Cc1ccc(O)cc1)C(=O)N[C@@H](CCC(=O)O)C(=O)O. The van der Waals surface area contributed by atoms with Crippen LogP contribution in [0.5, 0.6) is 11.5 Å². The third-order valence-electron chi connectivity index (χ3n) is 7.43. The fourth-order valence-corrected chi connectivity index (χ4v) is 4.70. The number of aromatic nitrogens is 2. The van der Waals surface area contributed by atoms with Crippen molar-refractivity contribution in [2.45, 2.75) is 62.3 Å². The minimum atomic E-state index is -1.60. The Balaban J connectivity index is 1.79. The lowest BCUT2D eigenvalue weighted by atomic mass is 10.0. The summed E-state index contributed by atoms with van der Waals surface area (Å²) in [4.78, 5) is 82.6. The van der Waals surface area contributed by atoms with Gasteiger partial charge in [-0.1, -0.05) is 24.3 Å². The molecule has 5 atom stereocenters. The molecule has 18 heteroatoms. The molecule has 18 nitrogen and oxygen atoms in total. The summed E-state index contributed by atoms with van der Waals surface area (Å²) in [6.45, 7) is -0.874. The Morgan fingerprint density at radius 1 is 0.680 bits per heavy atom. The van der Waals surface area contributed by atoms with E-state index in [1.165, 1.54) is 48.9 Å². The van der Waals surface area contributed by atoms with Gasteiger partial charge in [0, 0.05) is 31.2 Å². The minimum absolute atomic E-state index is 0.0185. The minimum Gasteiger partial charge on any atom is -0.508 e. The van der Waals surface area contributed by atoms with Crippen LogP contribution in [0.15, 0.2) is 61.1 Å². The highest BCUT2D eigenvalue weighted by molar-refractivity contribution is 5.95. The number of aliphatic hydroxyl groups is 1. The molecular formula is C32H39N7O11. The summed E-state index contributed by atoms with van der Waals surface area (Å²) in [5, 5.41) is 57.1. The molecule has 1 heterocycles. The quantitative estimate of drug-likeness (QED) is 0.0650. The lowest BCUT2D eigenvalue weighted by molar-refractivity contribution is -0.143. The zero-order valence-corrected chi connectivity index (χ0v) is 26.6. The molecule has 0 radical (unpaired) electrons. The van der Waals surface area contributed by atoms with E-state index in [1.54, 1.807) is 12.1 Å². The van der Waals surface area contributed by atoms with Gasteiger partial charge in [-0.25, -0.2) is 9.78 Å². The highest BCUT2D eigenvalue weighted by Crippen LogP contribution is 2.13. The van der Waals surface area contributed by atoms with Crippen molar-refractivity contribution in [1.82, 2.24) is 31.2 Å². The van der Waals surface area contributed by atoms with Gasteiger partial charge in [0.1, 0.15) is 35.7 Å². The van der Waals surface area contributed by atoms with E-state index >= 15 is 0 Å². The number of hydrogen-bond donors (Lipinski definition) is 11. The first-order chi connectivity index (χ1) is 23.7. The summed E-state index contributed by atoms with van der Waals surface area (Å²) in [5.74, 6) is -6.50. The van der Waals surface area contributed by atoms with Crippen molar-refractivity contribution in [2.75, 3.05) is 6.61 Å². The van der Waals surface area contributed by atoms with E-state index in [1.807, 2.05) is 0 Å². The van der Waals surface area contributed by atoms with Crippen LogP contribution in [0.3, 0.4) is 0 Å². The smallest absolute Gasteiger partial charge is 0.326 e. The van der Waals surface area contributed by atoms with Crippen molar-refractivity contribution in [3.05, 3.63) is 77.9 Å². The molecule has 50 heavy (non-hydrogen) atoms. The van der Waals surface area contributed by atoms with Crippen LogP contribution in [0.4, 0.5) is 0 Å². The Hall–Kier alpha value is -6.01. The van der Waals surface area contributed by atoms with Gasteiger partial charge < -0.3 is 57.5 Å². The van der Waals surface area contributed by atoms with E-state index < -0.39 is 85.2 Å². The normalized spacial score (nSPS) is 13.9. The van der Waals surface area contributed by atoms with E-state index in [9.17, 15) is 49.2 Å². The Morgan fingerprint density at radius 3 is 1.64 bits per heavy atom. The number of nitrogens with two attached hydrogens (primary N) is 1. The number of phenols is 2. The van der Waals surface area contributed by atoms with E-state index in [0.29, 0.717) is 16.8 Å². The number of nitrogens with zero attached hydrogens (tertiary/aromatic N) is 1.